The van der Waals surface area contributed by atoms with Crippen molar-refractivity contribution >= 4 is 46.1 Å². The third-order valence-electron chi connectivity index (χ3n) is 7.11. The van der Waals surface area contributed by atoms with E-state index < -0.39 is 0 Å². The Morgan fingerprint density at radius 1 is 1.15 bits per heavy atom. The lowest BCUT2D eigenvalue weighted by Gasteiger charge is -2.26. The first-order valence-corrected chi connectivity index (χ1v) is 13.6. The number of aromatic amines is 1. The second kappa shape index (κ2) is 12.4. The fourth-order valence-electron chi connectivity index (χ4n) is 5.00. The fraction of sp³-hybridized carbons (Fsp3) is 0.345. The van der Waals surface area contributed by atoms with Gasteiger partial charge < -0.3 is 15.6 Å². The first-order chi connectivity index (χ1) is 19.0. The van der Waals surface area contributed by atoms with Gasteiger partial charge in [0.2, 0.25) is 11.8 Å². The van der Waals surface area contributed by atoms with Crippen LogP contribution in [0.4, 0.5) is 0 Å². The van der Waals surface area contributed by atoms with E-state index in [0.717, 1.165) is 52.5 Å². The fourth-order valence-corrected chi connectivity index (χ4v) is 5.21. The number of carbonyl (C=O) groups is 2. The Bertz CT molecular complexity index is 1420. The summed E-state index contributed by atoms with van der Waals surface area (Å²) in [4.78, 5) is 42.2. The first kappa shape index (κ1) is 26.8. The zero-order valence-electron chi connectivity index (χ0n) is 21.7. The van der Waals surface area contributed by atoms with E-state index >= 15 is 0 Å². The van der Waals surface area contributed by atoms with E-state index in [-0.39, 0.29) is 17.7 Å². The molecule has 0 radical (unpaired) electrons. The first-order valence-electron chi connectivity index (χ1n) is 13.2. The molecule has 3 aromatic rings. The van der Waals surface area contributed by atoms with E-state index in [0.29, 0.717) is 44.2 Å². The van der Waals surface area contributed by atoms with E-state index in [1.165, 1.54) is 0 Å². The third-order valence-corrected chi connectivity index (χ3v) is 7.48. The summed E-state index contributed by atoms with van der Waals surface area (Å²) in [6.07, 6.45) is 5.53. The second-order valence-electron chi connectivity index (χ2n) is 9.78. The molecular formula is C29H32ClN7O2. The van der Waals surface area contributed by atoms with Gasteiger partial charge in [-0.15, -0.1) is 6.58 Å². The molecule has 3 aliphatic heterocycles. The molecule has 0 spiro atoms. The van der Waals surface area contributed by atoms with Crippen molar-refractivity contribution in [1.29, 1.82) is 0 Å². The molecule has 2 aromatic carbocycles. The molecule has 4 heterocycles. The summed E-state index contributed by atoms with van der Waals surface area (Å²) in [5.41, 5.74) is 3.78. The lowest BCUT2D eigenvalue weighted by molar-refractivity contribution is -0.127. The number of amides is 2. The van der Waals surface area contributed by atoms with E-state index in [2.05, 4.69) is 37.2 Å². The van der Waals surface area contributed by atoms with E-state index in [1.807, 2.05) is 42.5 Å². The number of hydrogen-bond acceptors (Lipinski definition) is 6. The summed E-state index contributed by atoms with van der Waals surface area (Å²) in [7, 11) is 0. The molecule has 3 aliphatic rings. The van der Waals surface area contributed by atoms with Crippen LogP contribution in [0.2, 0.25) is 5.02 Å². The molecule has 39 heavy (non-hydrogen) atoms. The Morgan fingerprint density at radius 3 is 2.79 bits per heavy atom. The molecule has 2 amide bonds. The highest BCUT2D eigenvalue weighted by atomic mass is 35.5. The molecule has 2 atom stereocenters. The SMILES string of the molecule is C=CCN1C(=O)CCN=C1c1ccc2nc[nH]c2c1.O=C1NC(C2CCNC2)=NCC1Cc1ccccc1Cl. The lowest BCUT2D eigenvalue weighted by Crippen LogP contribution is -2.45. The number of H-pyrrole nitrogens is 1. The number of nitrogens with zero attached hydrogens (tertiary/aromatic N) is 4. The van der Waals surface area contributed by atoms with Gasteiger partial charge in [0.25, 0.3) is 0 Å². The van der Waals surface area contributed by atoms with Gasteiger partial charge in [0.15, 0.2) is 0 Å². The van der Waals surface area contributed by atoms with Crippen LogP contribution in [-0.4, -0.2) is 71.1 Å². The number of imidazole rings is 1. The van der Waals surface area contributed by atoms with Crippen molar-refractivity contribution in [2.24, 2.45) is 21.8 Å². The smallest absolute Gasteiger partial charge is 0.230 e. The lowest BCUT2D eigenvalue weighted by atomic mass is 9.96. The summed E-state index contributed by atoms with van der Waals surface area (Å²) in [5, 5.41) is 6.99. The van der Waals surface area contributed by atoms with Crippen molar-refractivity contribution in [3.63, 3.8) is 0 Å². The van der Waals surface area contributed by atoms with Gasteiger partial charge in [-0.3, -0.25) is 24.5 Å². The number of halogens is 1. The number of carbonyl (C=O) groups excluding carboxylic acids is 2. The minimum absolute atomic E-state index is 0.0711. The molecule has 1 fully saturated rings. The standard InChI is InChI=1S/C15H18ClN3O.C14H14N4O/c16-13-4-2-1-3-10(13)7-12-9-18-14(19-15(12)20)11-5-6-17-8-11;1-2-7-18-13(19)5-6-15-14(18)10-3-4-11-12(8-10)17-9-16-11/h1-4,11-12,17H,5-9H2,(H,18,19,20);2-4,8-9H,1,5-7H2,(H,16,17). The average Bonchev–Trinajstić information content (AvgIpc) is 3.65. The van der Waals surface area contributed by atoms with Gasteiger partial charge in [-0.2, -0.15) is 0 Å². The molecule has 1 aromatic heterocycles. The Hall–Kier alpha value is -3.82. The molecular weight excluding hydrogens is 514 g/mol. The molecule has 9 nitrogen and oxygen atoms in total. The van der Waals surface area contributed by atoms with Gasteiger partial charge in [0, 0.05) is 36.0 Å². The Balaban J connectivity index is 0.000000158. The molecule has 10 heteroatoms. The van der Waals surface area contributed by atoms with Gasteiger partial charge in [-0.1, -0.05) is 35.9 Å². The quantitative estimate of drug-likeness (QED) is 0.412. The average molecular weight is 546 g/mol. The van der Waals surface area contributed by atoms with Crippen LogP contribution in [0.15, 0.2) is 71.4 Å². The van der Waals surface area contributed by atoms with Crippen molar-refractivity contribution < 1.29 is 9.59 Å². The number of rotatable bonds is 6. The molecule has 2 unspecified atom stereocenters. The maximum Gasteiger partial charge on any atom is 0.230 e. The Kier molecular flexibility index (Phi) is 8.48. The van der Waals surface area contributed by atoms with Crippen LogP contribution >= 0.6 is 11.6 Å². The van der Waals surface area contributed by atoms with Crippen LogP contribution in [0.3, 0.4) is 0 Å². The zero-order valence-corrected chi connectivity index (χ0v) is 22.5. The number of aliphatic imine (C=N–C) groups is 2. The molecule has 3 N–H and O–H groups in total. The summed E-state index contributed by atoms with van der Waals surface area (Å²) < 4.78 is 0. The van der Waals surface area contributed by atoms with Crippen LogP contribution in [0.5, 0.6) is 0 Å². The monoisotopic (exact) mass is 545 g/mol. The van der Waals surface area contributed by atoms with Crippen LogP contribution in [-0.2, 0) is 16.0 Å². The van der Waals surface area contributed by atoms with Gasteiger partial charge in [0.05, 0.1) is 36.4 Å². The number of fused-ring (bicyclic) bond motifs is 1. The van der Waals surface area contributed by atoms with Crippen molar-refractivity contribution in [1.82, 2.24) is 25.5 Å². The van der Waals surface area contributed by atoms with Crippen LogP contribution in [0, 0.1) is 11.8 Å². The Labute approximate surface area is 232 Å². The maximum atomic E-state index is 12.2. The van der Waals surface area contributed by atoms with E-state index in [4.69, 9.17) is 11.6 Å². The topological polar surface area (TPSA) is 115 Å². The molecule has 1 saturated heterocycles. The van der Waals surface area contributed by atoms with Crippen LogP contribution in [0.1, 0.15) is 24.0 Å². The van der Waals surface area contributed by atoms with Crippen molar-refractivity contribution in [3.8, 4) is 0 Å². The minimum atomic E-state index is -0.118. The number of benzene rings is 2. The summed E-state index contributed by atoms with van der Waals surface area (Å²) in [5.74, 6) is 1.98. The Morgan fingerprint density at radius 2 is 2.03 bits per heavy atom. The van der Waals surface area contributed by atoms with Gasteiger partial charge in [-0.05, 0) is 49.2 Å². The largest absolute Gasteiger partial charge is 0.345 e. The number of aromatic nitrogens is 2. The van der Waals surface area contributed by atoms with Gasteiger partial charge >= 0.3 is 0 Å². The van der Waals surface area contributed by atoms with Gasteiger partial charge in [0.1, 0.15) is 11.7 Å². The number of hydrogen-bond donors (Lipinski definition) is 3. The second-order valence-corrected chi connectivity index (χ2v) is 10.2. The van der Waals surface area contributed by atoms with Crippen molar-refractivity contribution in [2.45, 2.75) is 19.3 Å². The molecule has 6 rings (SSSR count). The minimum Gasteiger partial charge on any atom is -0.345 e. The zero-order chi connectivity index (χ0) is 27.2. The summed E-state index contributed by atoms with van der Waals surface area (Å²) >= 11 is 6.15. The van der Waals surface area contributed by atoms with Gasteiger partial charge in [-0.25, -0.2) is 4.98 Å². The number of nitrogens with one attached hydrogen (secondary N) is 3. The van der Waals surface area contributed by atoms with Crippen molar-refractivity contribution in [2.75, 3.05) is 32.7 Å². The number of amidine groups is 2. The van der Waals surface area contributed by atoms with Crippen LogP contribution < -0.4 is 10.6 Å². The summed E-state index contributed by atoms with van der Waals surface area (Å²) in [6, 6.07) is 13.5. The maximum absolute atomic E-state index is 12.2. The molecule has 0 saturated carbocycles. The van der Waals surface area contributed by atoms with Crippen molar-refractivity contribution in [3.05, 3.63) is 77.6 Å². The third kappa shape index (κ3) is 6.26. The van der Waals surface area contributed by atoms with Crippen LogP contribution in [0.25, 0.3) is 11.0 Å². The predicted molar refractivity (Wildman–Crippen MR) is 154 cm³/mol. The molecule has 0 bridgehead atoms. The highest BCUT2D eigenvalue weighted by Crippen LogP contribution is 2.22. The highest BCUT2D eigenvalue weighted by molar-refractivity contribution is 6.31. The predicted octanol–water partition coefficient (Wildman–Crippen LogP) is 3.36. The van der Waals surface area contributed by atoms with E-state index in [1.54, 1.807) is 17.3 Å². The van der Waals surface area contributed by atoms with E-state index in [9.17, 15) is 9.59 Å². The molecule has 0 aliphatic carbocycles. The highest BCUT2D eigenvalue weighted by Gasteiger charge is 2.30. The normalized spacial score (nSPS) is 21.1. The summed E-state index contributed by atoms with van der Waals surface area (Å²) in [6.45, 7) is 7.20. The molecule has 202 valence electrons.